The molecule has 0 aromatic rings. The summed E-state index contributed by atoms with van der Waals surface area (Å²) >= 11 is 0. The first kappa shape index (κ1) is 13.9. The molecule has 0 radical (unpaired) electrons. The Morgan fingerprint density at radius 3 is 2.69 bits per heavy atom. The molecule has 0 aliphatic heterocycles. The second-order valence-electron chi connectivity index (χ2n) is 5.02. The lowest BCUT2D eigenvalue weighted by Gasteiger charge is -2.29. The summed E-state index contributed by atoms with van der Waals surface area (Å²) in [4.78, 5) is 0. The highest BCUT2D eigenvalue weighted by atomic mass is 16.5. The predicted molar refractivity (Wildman–Crippen MR) is 63.6 cm³/mol. The molecule has 0 saturated heterocycles. The molecule has 0 bridgehead atoms. The SMILES string of the molecule is COCC(C)OCCC(C)(CO)NC1CC1. The summed E-state index contributed by atoms with van der Waals surface area (Å²) < 4.78 is 10.6. The highest BCUT2D eigenvalue weighted by Gasteiger charge is 2.31. The van der Waals surface area contributed by atoms with Gasteiger partial charge in [-0.1, -0.05) is 0 Å². The molecule has 1 aliphatic rings. The molecule has 2 unspecified atom stereocenters. The van der Waals surface area contributed by atoms with Crippen molar-refractivity contribution in [2.45, 2.75) is 50.8 Å². The topological polar surface area (TPSA) is 50.7 Å². The van der Waals surface area contributed by atoms with E-state index in [1.54, 1.807) is 7.11 Å². The molecule has 0 aromatic carbocycles. The molecule has 4 nitrogen and oxygen atoms in total. The smallest absolute Gasteiger partial charge is 0.0780 e. The summed E-state index contributed by atoms with van der Waals surface area (Å²) in [6.45, 7) is 5.47. The van der Waals surface area contributed by atoms with E-state index in [0.29, 0.717) is 19.3 Å². The van der Waals surface area contributed by atoms with Crippen molar-refractivity contribution < 1.29 is 14.6 Å². The standard InChI is InChI=1S/C12H25NO3/c1-10(8-15-3)16-7-6-12(2,9-14)13-11-4-5-11/h10-11,13-14H,4-9H2,1-3H3. The molecule has 0 heterocycles. The van der Waals surface area contributed by atoms with Crippen LogP contribution in [0, 0.1) is 0 Å². The van der Waals surface area contributed by atoms with Gasteiger partial charge in [-0.05, 0) is 33.1 Å². The van der Waals surface area contributed by atoms with Crippen molar-refractivity contribution in [3.05, 3.63) is 0 Å². The van der Waals surface area contributed by atoms with E-state index in [9.17, 15) is 5.11 Å². The Hall–Kier alpha value is -0.160. The van der Waals surface area contributed by atoms with Crippen LogP contribution in [-0.2, 0) is 9.47 Å². The number of hydrogen-bond acceptors (Lipinski definition) is 4. The van der Waals surface area contributed by atoms with Gasteiger partial charge in [0.1, 0.15) is 0 Å². The van der Waals surface area contributed by atoms with Crippen LogP contribution in [0.4, 0.5) is 0 Å². The molecule has 0 aromatic heterocycles. The fourth-order valence-corrected chi connectivity index (χ4v) is 1.69. The van der Waals surface area contributed by atoms with Gasteiger partial charge in [0, 0.05) is 25.3 Å². The third kappa shape index (κ3) is 5.25. The van der Waals surface area contributed by atoms with Crippen LogP contribution in [0.2, 0.25) is 0 Å². The van der Waals surface area contributed by atoms with Crippen molar-refractivity contribution in [1.29, 1.82) is 0 Å². The number of ether oxygens (including phenoxy) is 2. The van der Waals surface area contributed by atoms with E-state index in [4.69, 9.17) is 9.47 Å². The average Bonchev–Trinajstić information content (AvgIpc) is 3.02. The van der Waals surface area contributed by atoms with E-state index < -0.39 is 0 Å². The Bertz CT molecular complexity index is 197. The van der Waals surface area contributed by atoms with Gasteiger partial charge < -0.3 is 19.9 Å². The predicted octanol–water partition coefficient (Wildman–Crippen LogP) is 0.931. The third-order valence-corrected chi connectivity index (χ3v) is 2.94. The minimum atomic E-state index is -0.200. The molecular formula is C12H25NO3. The fraction of sp³-hybridized carbons (Fsp3) is 1.00. The van der Waals surface area contributed by atoms with E-state index in [-0.39, 0.29) is 18.2 Å². The number of hydrogen-bond donors (Lipinski definition) is 2. The Morgan fingerprint density at radius 2 is 2.19 bits per heavy atom. The quantitative estimate of drug-likeness (QED) is 0.620. The summed E-state index contributed by atoms with van der Waals surface area (Å²) in [7, 11) is 1.67. The molecule has 1 aliphatic carbocycles. The fourth-order valence-electron chi connectivity index (χ4n) is 1.69. The Morgan fingerprint density at radius 1 is 1.50 bits per heavy atom. The van der Waals surface area contributed by atoms with Crippen LogP contribution >= 0.6 is 0 Å². The highest BCUT2D eigenvalue weighted by Crippen LogP contribution is 2.23. The molecule has 1 fully saturated rings. The van der Waals surface area contributed by atoms with Gasteiger partial charge >= 0.3 is 0 Å². The molecule has 0 amide bonds. The summed E-state index contributed by atoms with van der Waals surface area (Å²) in [5, 5.41) is 12.8. The second-order valence-corrected chi connectivity index (χ2v) is 5.02. The van der Waals surface area contributed by atoms with E-state index in [0.717, 1.165) is 6.42 Å². The van der Waals surface area contributed by atoms with Crippen LogP contribution in [0.15, 0.2) is 0 Å². The molecule has 16 heavy (non-hydrogen) atoms. The van der Waals surface area contributed by atoms with Crippen LogP contribution < -0.4 is 5.32 Å². The second kappa shape index (κ2) is 6.55. The summed E-state index contributed by atoms with van der Waals surface area (Å²) in [6, 6.07) is 0.605. The lowest BCUT2D eigenvalue weighted by Crippen LogP contribution is -2.47. The normalized spacial score (nSPS) is 21.8. The van der Waals surface area contributed by atoms with Crippen molar-refractivity contribution in [1.82, 2.24) is 5.32 Å². The van der Waals surface area contributed by atoms with Crippen molar-refractivity contribution >= 4 is 0 Å². The van der Waals surface area contributed by atoms with E-state index in [1.165, 1.54) is 12.8 Å². The van der Waals surface area contributed by atoms with Crippen molar-refractivity contribution in [2.75, 3.05) is 26.9 Å². The maximum absolute atomic E-state index is 9.39. The van der Waals surface area contributed by atoms with E-state index in [2.05, 4.69) is 12.2 Å². The first-order valence-electron chi connectivity index (χ1n) is 6.09. The van der Waals surface area contributed by atoms with Gasteiger partial charge in [-0.3, -0.25) is 0 Å². The maximum atomic E-state index is 9.39. The third-order valence-electron chi connectivity index (χ3n) is 2.94. The van der Waals surface area contributed by atoms with Gasteiger partial charge in [0.25, 0.3) is 0 Å². The molecule has 1 saturated carbocycles. The van der Waals surface area contributed by atoms with Gasteiger partial charge in [-0.2, -0.15) is 0 Å². The first-order valence-corrected chi connectivity index (χ1v) is 6.09. The van der Waals surface area contributed by atoms with Gasteiger partial charge in [0.05, 0.1) is 19.3 Å². The maximum Gasteiger partial charge on any atom is 0.0780 e. The number of methoxy groups -OCH3 is 1. The van der Waals surface area contributed by atoms with Crippen LogP contribution in [0.1, 0.15) is 33.1 Å². The molecule has 4 heteroatoms. The molecule has 0 spiro atoms. The Labute approximate surface area is 98.3 Å². The van der Waals surface area contributed by atoms with Crippen molar-refractivity contribution in [3.8, 4) is 0 Å². The van der Waals surface area contributed by atoms with Crippen LogP contribution in [0.5, 0.6) is 0 Å². The largest absolute Gasteiger partial charge is 0.394 e. The molecule has 1 rings (SSSR count). The van der Waals surface area contributed by atoms with Gasteiger partial charge in [0.15, 0.2) is 0 Å². The first-order chi connectivity index (χ1) is 7.59. The van der Waals surface area contributed by atoms with Gasteiger partial charge in [0.2, 0.25) is 0 Å². The monoisotopic (exact) mass is 231 g/mol. The lowest BCUT2D eigenvalue weighted by molar-refractivity contribution is -0.00321. The Kier molecular flexibility index (Phi) is 5.69. The minimum Gasteiger partial charge on any atom is -0.394 e. The molecule has 96 valence electrons. The lowest BCUT2D eigenvalue weighted by atomic mass is 9.99. The minimum absolute atomic E-state index is 0.119. The number of rotatable bonds is 9. The highest BCUT2D eigenvalue weighted by molar-refractivity contribution is 4.92. The summed E-state index contributed by atoms with van der Waals surface area (Å²) in [5.41, 5.74) is -0.200. The van der Waals surface area contributed by atoms with Crippen LogP contribution in [0.3, 0.4) is 0 Å². The van der Waals surface area contributed by atoms with E-state index >= 15 is 0 Å². The van der Waals surface area contributed by atoms with Gasteiger partial charge in [-0.25, -0.2) is 0 Å². The molecule has 2 N–H and O–H groups in total. The zero-order chi connectivity index (χ0) is 12.0. The van der Waals surface area contributed by atoms with Crippen molar-refractivity contribution in [3.63, 3.8) is 0 Å². The number of aliphatic hydroxyl groups is 1. The van der Waals surface area contributed by atoms with Gasteiger partial charge in [-0.15, -0.1) is 0 Å². The summed E-state index contributed by atoms with van der Waals surface area (Å²) in [6.07, 6.45) is 3.41. The zero-order valence-corrected chi connectivity index (χ0v) is 10.7. The van der Waals surface area contributed by atoms with E-state index in [1.807, 2.05) is 6.92 Å². The zero-order valence-electron chi connectivity index (χ0n) is 10.7. The Balaban J connectivity index is 2.16. The molecule has 2 atom stereocenters. The van der Waals surface area contributed by atoms with Crippen molar-refractivity contribution in [2.24, 2.45) is 0 Å². The number of aliphatic hydroxyl groups excluding tert-OH is 1. The summed E-state index contributed by atoms with van der Waals surface area (Å²) in [5.74, 6) is 0. The average molecular weight is 231 g/mol. The number of nitrogens with one attached hydrogen (secondary N) is 1. The van der Waals surface area contributed by atoms with Crippen LogP contribution in [0.25, 0.3) is 0 Å². The molecular weight excluding hydrogens is 206 g/mol. The van der Waals surface area contributed by atoms with Crippen LogP contribution in [-0.4, -0.2) is 49.7 Å².